The molecule has 7 heteroatoms. The number of ether oxygens (including phenoxy) is 2. The molecule has 0 atom stereocenters. The van der Waals surface area contributed by atoms with Crippen molar-refractivity contribution in [3.63, 3.8) is 0 Å². The summed E-state index contributed by atoms with van der Waals surface area (Å²) in [5.41, 5.74) is 1.75. The highest BCUT2D eigenvalue weighted by atomic mass is 35.5. The van der Waals surface area contributed by atoms with Crippen LogP contribution in [0, 0.1) is 0 Å². The monoisotopic (exact) mass is 385 g/mol. The summed E-state index contributed by atoms with van der Waals surface area (Å²) in [6.45, 7) is 0.471. The summed E-state index contributed by atoms with van der Waals surface area (Å²) in [7, 11) is 3.14. The molecule has 2 aromatic carbocycles. The first-order valence-corrected chi connectivity index (χ1v) is 8.74. The maximum absolute atomic E-state index is 12.5. The zero-order chi connectivity index (χ0) is 19.2. The van der Waals surface area contributed by atoms with Gasteiger partial charge in [0, 0.05) is 11.1 Å². The van der Waals surface area contributed by atoms with E-state index in [4.69, 9.17) is 21.1 Å². The average Bonchev–Trinajstić information content (AvgIpc) is 3.10. The van der Waals surface area contributed by atoms with Crippen molar-refractivity contribution in [2.75, 3.05) is 19.5 Å². The molecule has 0 aliphatic carbocycles. The van der Waals surface area contributed by atoms with E-state index < -0.39 is 0 Å². The average molecular weight is 386 g/mol. The number of halogens is 1. The van der Waals surface area contributed by atoms with Crippen molar-refractivity contribution in [1.82, 2.24) is 9.78 Å². The second kappa shape index (κ2) is 8.60. The van der Waals surface area contributed by atoms with E-state index in [0.717, 1.165) is 11.1 Å². The van der Waals surface area contributed by atoms with Crippen molar-refractivity contribution in [3.8, 4) is 11.5 Å². The highest BCUT2D eigenvalue weighted by molar-refractivity contribution is 6.31. The van der Waals surface area contributed by atoms with Gasteiger partial charge >= 0.3 is 0 Å². The van der Waals surface area contributed by atoms with Gasteiger partial charge in [-0.1, -0.05) is 35.9 Å². The van der Waals surface area contributed by atoms with Gasteiger partial charge in [-0.2, -0.15) is 5.10 Å². The first-order chi connectivity index (χ1) is 13.1. The van der Waals surface area contributed by atoms with E-state index in [9.17, 15) is 4.79 Å². The topological polar surface area (TPSA) is 65.4 Å². The minimum atomic E-state index is -0.150. The maximum Gasteiger partial charge on any atom is 0.229 e. The molecule has 3 aromatic rings. The Balaban J connectivity index is 1.69. The summed E-state index contributed by atoms with van der Waals surface area (Å²) in [5, 5.41) is 7.82. The number of rotatable bonds is 7. The molecule has 140 valence electrons. The lowest BCUT2D eigenvalue weighted by Crippen LogP contribution is -2.18. The van der Waals surface area contributed by atoms with Crippen molar-refractivity contribution < 1.29 is 14.3 Å². The van der Waals surface area contributed by atoms with E-state index in [2.05, 4.69) is 10.4 Å². The highest BCUT2D eigenvalue weighted by Crippen LogP contribution is 2.27. The Kier molecular flexibility index (Phi) is 5.98. The van der Waals surface area contributed by atoms with Crippen LogP contribution in [-0.2, 0) is 17.8 Å². The SMILES string of the molecule is COc1ccc(CC(=O)Nc2ccnn2Cc2ccccc2Cl)cc1OC. The summed E-state index contributed by atoms with van der Waals surface area (Å²) >= 11 is 6.21. The largest absolute Gasteiger partial charge is 0.493 e. The van der Waals surface area contributed by atoms with Gasteiger partial charge in [0.15, 0.2) is 11.5 Å². The van der Waals surface area contributed by atoms with Gasteiger partial charge < -0.3 is 14.8 Å². The first-order valence-electron chi connectivity index (χ1n) is 8.36. The predicted octanol–water partition coefficient (Wildman–Crippen LogP) is 3.78. The lowest BCUT2D eigenvalue weighted by molar-refractivity contribution is -0.115. The Labute approximate surface area is 162 Å². The third kappa shape index (κ3) is 4.60. The minimum absolute atomic E-state index is 0.150. The smallest absolute Gasteiger partial charge is 0.229 e. The maximum atomic E-state index is 12.5. The quantitative estimate of drug-likeness (QED) is 0.672. The Hall–Kier alpha value is -2.99. The Morgan fingerprint density at radius 3 is 2.63 bits per heavy atom. The van der Waals surface area contributed by atoms with Crippen LogP contribution in [0.1, 0.15) is 11.1 Å². The molecule has 0 fully saturated rings. The first kappa shape index (κ1) is 18.8. The van der Waals surface area contributed by atoms with E-state index in [0.29, 0.717) is 28.9 Å². The van der Waals surface area contributed by atoms with Crippen molar-refractivity contribution in [1.29, 1.82) is 0 Å². The van der Waals surface area contributed by atoms with Crippen LogP contribution in [0.3, 0.4) is 0 Å². The number of aromatic nitrogens is 2. The third-order valence-electron chi connectivity index (χ3n) is 4.07. The van der Waals surface area contributed by atoms with Gasteiger partial charge in [-0.25, -0.2) is 4.68 Å². The molecule has 1 amide bonds. The van der Waals surface area contributed by atoms with Crippen molar-refractivity contribution in [2.24, 2.45) is 0 Å². The van der Waals surface area contributed by atoms with Crippen LogP contribution in [0.4, 0.5) is 5.82 Å². The summed E-state index contributed by atoms with van der Waals surface area (Å²) in [5.74, 6) is 1.68. The molecule has 6 nitrogen and oxygen atoms in total. The molecule has 0 bridgehead atoms. The Morgan fingerprint density at radius 2 is 1.89 bits per heavy atom. The number of benzene rings is 2. The normalized spacial score (nSPS) is 10.5. The second-order valence-corrected chi connectivity index (χ2v) is 6.29. The lowest BCUT2D eigenvalue weighted by Gasteiger charge is -2.11. The van der Waals surface area contributed by atoms with Crippen molar-refractivity contribution >= 4 is 23.3 Å². The van der Waals surface area contributed by atoms with Crippen LogP contribution >= 0.6 is 11.6 Å². The molecule has 0 aliphatic rings. The van der Waals surface area contributed by atoms with Crippen LogP contribution in [0.2, 0.25) is 5.02 Å². The molecule has 0 radical (unpaired) electrons. The van der Waals surface area contributed by atoms with Crippen LogP contribution < -0.4 is 14.8 Å². The van der Waals surface area contributed by atoms with Gasteiger partial charge in [-0.15, -0.1) is 0 Å². The van der Waals surface area contributed by atoms with Crippen molar-refractivity contribution in [3.05, 3.63) is 70.9 Å². The molecule has 0 saturated carbocycles. The number of hydrogen-bond donors (Lipinski definition) is 1. The highest BCUT2D eigenvalue weighted by Gasteiger charge is 2.12. The van der Waals surface area contributed by atoms with E-state index in [1.54, 1.807) is 43.3 Å². The molecule has 0 spiro atoms. The number of nitrogens with one attached hydrogen (secondary N) is 1. The van der Waals surface area contributed by atoms with E-state index in [-0.39, 0.29) is 12.3 Å². The molecule has 1 aromatic heterocycles. The van der Waals surface area contributed by atoms with Gasteiger partial charge in [0.05, 0.1) is 33.4 Å². The summed E-state index contributed by atoms with van der Waals surface area (Å²) in [6, 6.07) is 14.7. The zero-order valence-corrected chi connectivity index (χ0v) is 15.9. The van der Waals surface area contributed by atoms with Gasteiger partial charge in [-0.3, -0.25) is 4.79 Å². The van der Waals surface area contributed by atoms with Gasteiger partial charge in [0.1, 0.15) is 5.82 Å². The number of methoxy groups -OCH3 is 2. The molecule has 0 saturated heterocycles. The fraction of sp³-hybridized carbons (Fsp3) is 0.200. The number of carbonyl (C=O) groups excluding carboxylic acids is 1. The number of amides is 1. The Morgan fingerprint density at radius 1 is 1.11 bits per heavy atom. The molecule has 1 N–H and O–H groups in total. The summed E-state index contributed by atoms with van der Waals surface area (Å²) < 4.78 is 12.2. The number of hydrogen-bond acceptors (Lipinski definition) is 4. The number of anilines is 1. The fourth-order valence-corrected chi connectivity index (χ4v) is 2.91. The lowest BCUT2D eigenvalue weighted by atomic mass is 10.1. The molecule has 0 aliphatic heterocycles. The van der Waals surface area contributed by atoms with Gasteiger partial charge in [-0.05, 0) is 29.3 Å². The number of nitrogens with zero attached hydrogens (tertiary/aromatic N) is 2. The second-order valence-electron chi connectivity index (χ2n) is 5.88. The summed E-state index contributed by atoms with van der Waals surface area (Å²) in [6.07, 6.45) is 1.85. The zero-order valence-electron chi connectivity index (χ0n) is 15.1. The van der Waals surface area contributed by atoms with Crippen LogP contribution in [0.25, 0.3) is 0 Å². The van der Waals surface area contributed by atoms with E-state index >= 15 is 0 Å². The van der Waals surface area contributed by atoms with E-state index in [1.165, 1.54) is 0 Å². The fourth-order valence-electron chi connectivity index (χ4n) is 2.72. The third-order valence-corrected chi connectivity index (χ3v) is 4.44. The molecule has 0 unspecified atom stereocenters. The van der Waals surface area contributed by atoms with E-state index in [1.807, 2.05) is 30.3 Å². The molecular weight excluding hydrogens is 366 g/mol. The summed E-state index contributed by atoms with van der Waals surface area (Å²) in [4.78, 5) is 12.5. The molecule has 1 heterocycles. The van der Waals surface area contributed by atoms with Crippen molar-refractivity contribution in [2.45, 2.75) is 13.0 Å². The minimum Gasteiger partial charge on any atom is -0.493 e. The van der Waals surface area contributed by atoms with Crippen LogP contribution in [0.15, 0.2) is 54.7 Å². The Bertz CT molecular complexity index is 940. The van der Waals surface area contributed by atoms with Gasteiger partial charge in [0.2, 0.25) is 5.91 Å². The van der Waals surface area contributed by atoms with Gasteiger partial charge in [0.25, 0.3) is 0 Å². The molecule has 27 heavy (non-hydrogen) atoms. The number of carbonyl (C=O) groups is 1. The molecular formula is C20H20ClN3O3. The van der Waals surface area contributed by atoms with Crippen LogP contribution in [0.5, 0.6) is 11.5 Å². The molecule has 3 rings (SSSR count). The predicted molar refractivity (Wildman–Crippen MR) is 105 cm³/mol. The van der Waals surface area contributed by atoms with Crippen LogP contribution in [-0.4, -0.2) is 29.9 Å². The standard InChI is InChI=1S/C20H20ClN3O3/c1-26-17-8-7-14(11-18(17)27-2)12-20(25)23-19-9-10-22-24(19)13-15-5-3-4-6-16(15)21/h3-11H,12-13H2,1-2H3,(H,23,25).